The topological polar surface area (TPSA) is 289 Å². The van der Waals surface area contributed by atoms with Crippen molar-refractivity contribution in [2.45, 2.75) is 146 Å². The van der Waals surface area contributed by atoms with Gasteiger partial charge in [-0.1, -0.05) is 41.5 Å². The molecular formula is C72H110F2N16O10. The largest absolute Gasteiger partial charge is 0.478 e. The molecule has 100 heavy (non-hydrogen) atoms. The number of carbonyl (C=O) groups excluding carboxylic acids is 4. The van der Waals surface area contributed by atoms with Gasteiger partial charge in [0.05, 0.1) is 11.1 Å². The number of carboxylic acids is 2. The zero-order valence-electron chi connectivity index (χ0n) is 61.7. The summed E-state index contributed by atoms with van der Waals surface area (Å²) in [7, 11) is 7.56. The highest BCUT2D eigenvalue weighted by molar-refractivity contribution is 5.98. The second-order valence-electron chi connectivity index (χ2n) is 28.7. The van der Waals surface area contributed by atoms with Crippen LogP contribution < -0.4 is 29.9 Å². The molecule has 4 fully saturated rings. The van der Waals surface area contributed by atoms with E-state index in [-0.39, 0.29) is 92.8 Å². The summed E-state index contributed by atoms with van der Waals surface area (Å²) in [6.45, 7) is 36.5. The first-order chi connectivity index (χ1) is 47.4. The molecule has 2 aromatic carbocycles. The number of rotatable bonds is 32. The highest BCUT2D eigenvalue weighted by Crippen LogP contribution is 2.47. The zero-order valence-corrected chi connectivity index (χ0v) is 61.7. The number of halogens is 2. The Morgan fingerprint density at radius 3 is 1.25 bits per heavy atom. The monoisotopic (exact) mass is 1400 g/mol. The Kier molecular flexibility index (Phi) is 30.4. The molecule has 4 saturated heterocycles. The SMILES string of the molecule is CCN(C(=O)c1cc(F)ccc1Oc1nncnc1N1CCC2(C1)CN([C@H](CCCN(C)C[C@@H](C)C(=O)NC)C(C)C)C2)C(C)C.CCN(C(=O)c1cc(F)ccc1Oc1nncnc1N1CCC2(C1)CN([C@H](CCCN(C)C[C@@H](C)C(=O)NC)C(C)C)C2)C(C)C.O=C(O)/C=C/C(=O)O. The first-order valence-corrected chi connectivity index (χ1v) is 35.2. The third-order valence-corrected chi connectivity index (χ3v) is 19.5. The van der Waals surface area contributed by atoms with Crippen LogP contribution in [0.3, 0.4) is 0 Å². The van der Waals surface area contributed by atoms with Gasteiger partial charge in [0.1, 0.15) is 35.8 Å². The average Bonchev–Trinajstić information content (AvgIpc) is 1.57. The van der Waals surface area contributed by atoms with E-state index in [1.807, 2.05) is 55.4 Å². The van der Waals surface area contributed by atoms with Gasteiger partial charge < -0.3 is 59.7 Å². The number of likely N-dealkylation sites (tertiary alicyclic amines) is 2. The van der Waals surface area contributed by atoms with Crippen LogP contribution in [-0.4, -0.2) is 250 Å². The molecule has 28 heteroatoms. The Morgan fingerprint density at radius 1 is 0.580 bits per heavy atom. The van der Waals surface area contributed by atoms with E-state index in [9.17, 15) is 37.5 Å². The van der Waals surface area contributed by atoms with Crippen LogP contribution in [0.4, 0.5) is 20.4 Å². The van der Waals surface area contributed by atoms with Crippen LogP contribution in [0.25, 0.3) is 0 Å². The van der Waals surface area contributed by atoms with E-state index >= 15 is 0 Å². The molecular weight excluding hydrogens is 1290 g/mol. The van der Waals surface area contributed by atoms with E-state index in [4.69, 9.17) is 19.7 Å². The molecule has 0 bridgehead atoms. The van der Waals surface area contributed by atoms with Gasteiger partial charge in [-0.2, -0.15) is 0 Å². The van der Waals surface area contributed by atoms with E-state index in [0.717, 1.165) is 117 Å². The van der Waals surface area contributed by atoms with E-state index in [1.54, 1.807) is 23.9 Å². The van der Waals surface area contributed by atoms with Gasteiger partial charge in [0, 0.05) is 152 Å². The van der Waals surface area contributed by atoms with E-state index < -0.39 is 23.6 Å². The first-order valence-electron chi connectivity index (χ1n) is 35.2. The lowest BCUT2D eigenvalue weighted by Gasteiger charge is -2.53. The second kappa shape index (κ2) is 37.6. The Bertz CT molecular complexity index is 3170. The predicted octanol–water partition coefficient (Wildman–Crippen LogP) is 8.32. The normalized spacial score (nSPS) is 16.8. The molecule has 0 saturated carbocycles. The summed E-state index contributed by atoms with van der Waals surface area (Å²) in [4.78, 5) is 96.2. The van der Waals surface area contributed by atoms with Gasteiger partial charge in [-0.25, -0.2) is 28.3 Å². The van der Waals surface area contributed by atoms with Crippen LogP contribution in [0.15, 0.2) is 61.2 Å². The summed E-state index contributed by atoms with van der Waals surface area (Å²) in [5.41, 5.74) is 0.633. The van der Waals surface area contributed by atoms with Crippen molar-refractivity contribution >= 4 is 47.2 Å². The van der Waals surface area contributed by atoms with Crippen LogP contribution in [0.1, 0.15) is 142 Å². The number of aromatic nitrogens is 6. The van der Waals surface area contributed by atoms with Crippen molar-refractivity contribution in [3.63, 3.8) is 0 Å². The number of nitrogens with one attached hydrogen (secondary N) is 2. The third-order valence-electron chi connectivity index (χ3n) is 19.5. The maximum atomic E-state index is 14.3. The van der Waals surface area contributed by atoms with Crippen molar-refractivity contribution in [3.05, 3.63) is 84.0 Å². The lowest BCUT2D eigenvalue weighted by Crippen LogP contribution is -2.62. The minimum Gasteiger partial charge on any atom is -0.478 e. The molecule has 4 aliphatic rings. The van der Waals surface area contributed by atoms with Gasteiger partial charge in [0.25, 0.3) is 23.6 Å². The number of ether oxygens (including phenoxy) is 2. The molecule has 0 unspecified atom stereocenters. The fraction of sp³-hybridized carbons (Fsp3) is 0.639. The molecule has 552 valence electrons. The Balaban J connectivity index is 0.000000284. The first kappa shape index (κ1) is 80.9. The van der Waals surface area contributed by atoms with Crippen LogP contribution in [0.5, 0.6) is 23.3 Å². The predicted molar refractivity (Wildman–Crippen MR) is 380 cm³/mol. The van der Waals surface area contributed by atoms with Crippen molar-refractivity contribution < 1.29 is 57.2 Å². The smallest absolute Gasteiger partial charge is 0.328 e. The van der Waals surface area contributed by atoms with Crippen molar-refractivity contribution in [2.24, 2.45) is 34.5 Å². The number of anilines is 2. The molecule has 26 nitrogen and oxygen atoms in total. The van der Waals surface area contributed by atoms with Crippen LogP contribution >= 0.6 is 0 Å². The minimum atomic E-state index is -1.26. The number of nitrogens with zero attached hydrogens (tertiary/aromatic N) is 14. The summed E-state index contributed by atoms with van der Waals surface area (Å²) in [6, 6.07) is 8.85. The van der Waals surface area contributed by atoms with Gasteiger partial charge >= 0.3 is 11.9 Å². The fourth-order valence-electron chi connectivity index (χ4n) is 14.4. The Morgan fingerprint density at radius 2 is 0.940 bits per heavy atom. The highest BCUT2D eigenvalue weighted by Gasteiger charge is 2.52. The zero-order chi connectivity index (χ0) is 73.8. The van der Waals surface area contributed by atoms with Crippen LogP contribution in [-0.2, 0) is 19.2 Å². The summed E-state index contributed by atoms with van der Waals surface area (Å²) in [5.74, 6) is -0.890. The molecule has 4 amide bonds. The maximum Gasteiger partial charge on any atom is 0.328 e. The number of carbonyl (C=O) groups is 6. The molecule has 2 aromatic heterocycles. The van der Waals surface area contributed by atoms with E-state index in [1.165, 1.54) is 49.1 Å². The molecule has 6 heterocycles. The molecule has 8 rings (SSSR count). The van der Waals surface area contributed by atoms with E-state index in [2.05, 4.69) is 112 Å². The number of hydrogen-bond donors (Lipinski definition) is 4. The van der Waals surface area contributed by atoms with Crippen molar-refractivity contribution in [1.29, 1.82) is 0 Å². The van der Waals surface area contributed by atoms with Crippen LogP contribution in [0.2, 0.25) is 0 Å². The van der Waals surface area contributed by atoms with Crippen LogP contribution in [0, 0.1) is 46.1 Å². The quantitative estimate of drug-likeness (QED) is 0.0334. The molecule has 4 N–H and O–H groups in total. The van der Waals surface area contributed by atoms with Gasteiger partial charge in [-0.15, -0.1) is 20.4 Å². The van der Waals surface area contributed by atoms with Gasteiger partial charge in [-0.05, 0) is 155 Å². The molecule has 0 radical (unpaired) electrons. The average molecular weight is 1400 g/mol. The lowest BCUT2D eigenvalue weighted by molar-refractivity contribution is -0.134. The molecule has 4 atom stereocenters. The van der Waals surface area contributed by atoms with Gasteiger partial charge in [-0.3, -0.25) is 29.0 Å². The number of aliphatic carboxylic acids is 2. The number of carboxylic acid groups (broad SMARTS) is 2. The summed E-state index contributed by atoms with van der Waals surface area (Å²) < 4.78 is 41.0. The number of amides is 4. The van der Waals surface area contributed by atoms with Crippen molar-refractivity contribution in [3.8, 4) is 23.3 Å². The molecule has 2 spiro atoms. The lowest BCUT2D eigenvalue weighted by atomic mass is 9.76. The molecule has 4 aromatic rings. The highest BCUT2D eigenvalue weighted by atomic mass is 19.1. The summed E-state index contributed by atoms with van der Waals surface area (Å²) in [5, 5.41) is 37.5. The maximum absolute atomic E-state index is 14.3. The molecule has 0 aliphatic carbocycles. The van der Waals surface area contributed by atoms with Gasteiger partial charge in [0.15, 0.2) is 11.6 Å². The van der Waals surface area contributed by atoms with E-state index in [0.29, 0.717) is 60.8 Å². The second-order valence-corrected chi connectivity index (χ2v) is 28.7. The Hall–Kier alpha value is -8.08. The Labute approximate surface area is 589 Å². The van der Waals surface area contributed by atoms with Crippen molar-refractivity contribution in [1.82, 2.24) is 70.4 Å². The summed E-state index contributed by atoms with van der Waals surface area (Å²) >= 11 is 0. The standard InChI is InChI=1S/2C34H53FN8O3.C4H4O4/c2*1-9-43(24(4)5)33(45)27-17-26(35)12-13-29(27)46-32-30(37-22-38-39-32)41-16-14-34(19-41)20-42(21-34)28(23(2)3)11-10-15-40(8)18-25(6)31(44)36-7;5-3(6)1-2-4(7)8/h2*12-13,17,22-25,28H,9-11,14-16,18-21H2,1-8H3,(H,36,44);1-2H,(H,5,6)(H,7,8)/b;;2-1+/t2*25-,28-;/m11./s1. The van der Waals surface area contributed by atoms with Crippen molar-refractivity contribution in [2.75, 3.05) is 130 Å². The number of hydrogen-bond acceptors (Lipinski definition) is 20. The summed E-state index contributed by atoms with van der Waals surface area (Å²) in [6.07, 6.45) is 10.4. The fourth-order valence-corrected chi connectivity index (χ4v) is 14.4. The van der Waals surface area contributed by atoms with Gasteiger partial charge in [0.2, 0.25) is 11.8 Å². The third kappa shape index (κ3) is 22.2. The number of benzene rings is 2. The minimum absolute atomic E-state index is 0.0241. The molecule has 4 aliphatic heterocycles.